The van der Waals surface area contributed by atoms with E-state index >= 15 is 0 Å². The summed E-state index contributed by atoms with van der Waals surface area (Å²) in [6, 6.07) is 7.23. The minimum Gasteiger partial charge on any atom is -0.478 e. The van der Waals surface area contributed by atoms with E-state index in [-0.39, 0.29) is 16.6 Å². The predicted molar refractivity (Wildman–Crippen MR) is 77.6 cm³/mol. The van der Waals surface area contributed by atoms with E-state index in [1.165, 1.54) is 29.4 Å². The van der Waals surface area contributed by atoms with Gasteiger partial charge in [0.15, 0.2) is 0 Å². The minimum absolute atomic E-state index is 0.0574. The second-order valence-electron chi connectivity index (χ2n) is 4.37. The summed E-state index contributed by atoms with van der Waals surface area (Å²) in [5.74, 6) is -0.426. The summed E-state index contributed by atoms with van der Waals surface area (Å²) in [5.41, 5.74) is 0.403. The van der Waals surface area contributed by atoms with Gasteiger partial charge in [-0.2, -0.15) is 0 Å². The Hall–Kier alpha value is -2.47. The quantitative estimate of drug-likeness (QED) is 0.908. The molecule has 1 aromatic heterocycles. The first kappa shape index (κ1) is 14.9. The first-order chi connectivity index (χ1) is 9.97. The van der Waals surface area contributed by atoms with Crippen LogP contribution in [0.4, 0.5) is 10.5 Å². The van der Waals surface area contributed by atoms with Crippen LogP contribution in [0.1, 0.15) is 16.1 Å². The molecule has 1 heterocycles. The number of furan rings is 1. The highest BCUT2D eigenvalue weighted by molar-refractivity contribution is 6.34. The normalized spacial score (nSPS) is 10.2. The third kappa shape index (κ3) is 3.76. The van der Waals surface area contributed by atoms with Crippen molar-refractivity contribution in [2.75, 3.05) is 12.4 Å². The van der Waals surface area contributed by atoms with Gasteiger partial charge >= 0.3 is 12.0 Å². The van der Waals surface area contributed by atoms with Crippen LogP contribution < -0.4 is 5.32 Å². The largest absolute Gasteiger partial charge is 0.478 e. The monoisotopic (exact) mass is 308 g/mol. The molecule has 0 radical (unpaired) electrons. The van der Waals surface area contributed by atoms with E-state index in [4.69, 9.17) is 21.1 Å². The van der Waals surface area contributed by atoms with Crippen molar-refractivity contribution in [1.29, 1.82) is 0 Å². The van der Waals surface area contributed by atoms with Crippen LogP contribution in [0.3, 0.4) is 0 Å². The van der Waals surface area contributed by atoms with E-state index in [1.54, 1.807) is 19.2 Å². The summed E-state index contributed by atoms with van der Waals surface area (Å²) in [6.07, 6.45) is 1.53. The number of benzene rings is 1. The zero-order chi connectivity index (χ0) is 15.4. The molecule has 0 aliphatic carbocycles. The molecule has 0 spiro atoms. The Bertz CT molecular complexity index is 655. The lowest BCUT2D eigenvalue weighted by Gasteiger charge is -2.17. The molecule has 0 fully saturated rings. The number of carbonyl (C=O) groups excluding carboxylic acids is 1. The summed E-state index contributed by atoms with van der Waals surface area (Å²) in [6.45, 7) is 0.309. The highest BCUT2D eigenvalue weighted by atomic mass is 35.5. The maximum absolute atomic E-state index is 12.0. The van der Waals surface area contributed by atoms with Crippen LogP contribution >= 0.6 is 11.6 Å². The predicted octanol–water partition coefficient (Wildman–Crippen LogP) is 3.30. The number of nitrogens with one attached hydrogen (secondary N) is 1. The fourth-order valence-electron chi connectivity index (χ4n) is 1.67. The topological polar surface area (TPSA) is 82.8 Å². The summed E-state index contributed by atoms with van der Waals surface area (Å²) in [4.78, 5) is 24.2. The van der Waals surface area contributed by atoms with E-state index in [0.717, 1.165) is 0 Å². The van der Waals surface area contributed by atoms with Gasteiger partial charge in [-0.3, -0.25) is 0 Å². The molecule has 2 rings (SSSR count). The average molecular weight is 309 g/mol. The van der Waals surface area contributed by atoms with Gasteiger partial charge in [-0.25, -0.2) is 9.59 Å². The van der Waals surface area contributed by atoms with Gasteiger partial charge in [0.1, 0.15) is 5.76 Å². The van der Waals surface area contributed by atoms with Crippen molar-refractivity contribution in [3.8, 4) is 0 Å². The van der Waals surface area contributed by atoms with Crippen LogP contribution in [-0.2, 0) is 6.54 Å². The number of rotatable bonds is 4. The van der Waals surface area contributed by atoms with Crippen molar-refractivity contribution < 1.29 is 19.1 Å². The van der Waals surface area contributed by atoms with Gasteiger partial charge in [-0.1, -0.05) is 11.6 Å². The number of nitrogens with zero attached hydrogens (tertiary/aromatic N) is 1. The third-order valence-electron chi connectivity index (χ3n) is 2.78. The molecule has 1 aromatic carbocycles. The van der Waals surface area contributed by atoms with E-state index in [0.29, 0.717) is 18.0 Å². The van der Waals surface area contributed by atoms with Crippen LogP contribution in [0.25, 0.3) is 0 Å². The molecule has 0 saturated carbocycles. The van der Waals surface area contributed by atoms with Gasteiger partial charge in [0, 0.05) is 7.05 Å². The lowest BCUT2D eigenvalue weighted by molar-refractivity contribution is 0.0697. The van der Waals surface area contributed by atoms with Gasteiger partial charge in [0.05, 0.1) is 29.1 Å². The number of aromatic carboxylic acids is 1. The number of hydrogen-bond donors (Lipinski definition) is 2. The molecule has 7 heteroatoms. The molecular formula is C14H13ClN2O4. The van der Waals surface area contributed by atoms with E-state index in [1.807, 2.05) is 0 Å². The highest BCUT2D eigenvalue weighted by Gasteiger charge is 2.13. The number of halogens is 1. The first-order valence-electron chi connectivity index (χ1n) is 6.04. The zero-order valence-corrected chi connectivity index (χ0v) is 11.9. The van der Waals surface area contributed by atoms with Gasteiger partial charge < -0.3 is 19.7 Å². The summed E-state index contributed by atoms with van der Waals surface area (Å²) >= 11 is 5.95. The van der Waals surface area contributed by atoms with Crippen LogP contribution in [0.2, 0.25) is 5.02 Å². The van der Waals surface area contributed by atoms with Crippen molar-refractivity contribution in [1.82, 2.24) is 4.90 Å². The Balaban J connectivity index is 2.03. The number of anilines is 1. The minimum atomic E-state index is -1.08. The van der Waals surface area contributed by atoms with Crippen LogP contribution in [0.15, 0.2) is 41.0 Å². The van der Waals surface area contributed by atoms with E-state index in [2.05, 4.69) is 5.32 Å². The van der Waals surface area contributed by atoms with Gasteiger partial charge in [-0.15, -0.1) is 0 Å². The molecule has 0 unspecified atom stereocenters. The zero-order valence-electron chi connectivity index (χ0n) is 11.2. The Labute approximate surface area is 125 Å². The van der Waals surface area contributed by atoms with Gasteiger partial charge in [-0.05, 0) is 30.3 Å². The molecule has 0 aliphatic rings. The number of carboxylic acid groups (broad SMARTS) is 1. The van der Waals surface area contributed by atoms with Gasteiger partial charge in [0.2, 0.25) is 0 Å². The SMILES string of the molecule is CN(Cc1ccco1)C(=O)Nc1ccc(C(=O)O)cc1Cl. The Kier molecular flexibility index (Phi) is 4.49. The smallest absolute Gasteiger partial charge is 0.335 e. The Morgan fingerprint density at radius 2 is 2.14 bits per heavy atom. The van der Waals surface area contributed by atoms with Crippen molar-refractivity contribution in [2.45, 2.75) is 6.54 Å². The molecular weight excluding hydrogens is 296 g/mol. The average Bonchev–Trinajstić information content (AvgIpc) is 2.93. The molecule has 0 bridgehead atoms. The van der Waals surface area contributed by atoms with Crippen molar-refractivity contribution in [3.05, 3.63) is 52.9 Å². The second kappa shape index (κ2) is 6.32. The summed E-state index contributed by atoms with van der Waals surface area (Å²) in [5, 5.41) is 11.6. The molecule has 0 atom stereocenters. The third-order valence-corrected chi connectivity index (χ3v) is 3.09. The molecule has 0 saturated heterocycles. The molecule has 2 amide bonds. The number of carbonyl (C=O) groups is 2. The van der Waals surface area contributed by atoms with Crippen LogP contribution in [0.5, 0.6) is 0 Å². The molecule has 2 aromatic rings. The lowest BCUT2D eigenvalue weighted by Crippen LogP contribution is -2.30. The Morgan fingerprint density at radius 3 is 2.71 bits per heavy atom. The van der Waals surface area contributed by atoms with Crippen molar-refractivity contribution in [3.63, 3.8) is 0 Å². The summed E-state index contributed by atoms with van der Waals surface area (Å²) in [7, 11) is 1.61. The molecule has 110 valence electrons. The van der Waals surface area contributed by atoms with Gasteiger partial charge in [0.25, 0.3) is 0 Å². The molecule has 0 aliphatic heterocycles. The first-order valence-corrected chi connectivity index (χ1v) is 6.42. The number of carboxylic acids is 1. The number of amides is 2. The lowest BCUT2D eigenvalue weighted by atomic mass is 10.2. The maximum Gasteiger partial charge on any atom is 0.335 e. The number of urea groups is 1. The summed E-state index contributed by atoms with van der Waals surface area (Å²) < 4.78 is 5.16. The van der Waals surface area contributed by atoms with E-state index < -0.39 is 5.97 Å². The van der Waals surface area contributed by atoms with E-state index in [9.17, 15) is 9.59 Å². The van der Waals surface area contributed by atoms with Crippen LogP contribution in [0, 0.1) is 0 Å². The van der Waals surface area contributed by atoms with Crippen LogP contribution in [-0.4, -0.2) is 29.1 Å². The highest BCUT2D eigenvalue weighted by Crippen LogP contribution is 2.23. The standard InChI is InChI=1S/C14H13ClN2O4/c1-17(8-10-3-2-6-21-10)14(20)16-12-5-4-9(13(18)19)7-11(12)15/h2-7H,8H2,1H3,(H,16,20)(H,18,19). The molecule has 2 N–H and O–H groups in total. The number of hydrogen-bond acceptors (Lipinski definition) is 3. The fourth-order valence-corrected chi connectivity index (χ4v) is 1.90. The molecule has 6 nitrogen and oxygen atoms in total. The van der Waals surface area contributed by atoms with Crippen molar-refractivity contribution in [2.24, 2.45) is 0 Å². The van der Waals surface area contributed by atoms with Crippen molar-refractivity contribution >= 4 is 29.3 Å². The maximum atomic E-state index is 12.0. The fraction of sp³-hybridized carbons (Fsp3) is 0.143. The Morgan fingerprint density at radius 1 is 1.38 bits per heavy atom. The second-order valence-corrected chi connectivity index (χ2v) is 4.77. The molecule has 21 heavy (non-hydrogen) atoms.